The number of nitrogens with one attached hydrogen (secondary N) is 2. The van der Waals surface area contributed by atoms with E-state index in [1.54, 1.807) is 0 Å². The quantitative estimate of drug-likeness (QED) is 0.473. The van der Waals surface area contributed by atoms with Crippen molar-refractivity contribution in [2.75, 3.05) is 12.8 Å². The molecular weight excluding hydrogens is 384 g/mol. The minimum Gasteiger partial charge on any atom is -0.397 e. The summed E-state index contributed by atoms with van der Waals surface area (Å²) in [7, 11) is 2.25. The summed E-state index contributed by atoms with van der Waals surface area (Å²) in [5.74, 6) is 0.954. The summed E-state index contributed by atoms with van der Waals surface area (Å²) in [6, 6.07) is 7.36. The maximum Gasteiger partial charge on any atom is 0.262 e. The highest BCUT2D eigenvalue weighted by molar-refractivity contribution is 7.16. The van der Waals surface area contributed by atoms with Crippen LogP contribution < -0.4 is 11.3 Å². The summed E-state index contributed by atoms with van der Waals surface area (Å²) < 4.78 is 0. The van der Waals surface area contributed by atoms with Gasteiger partial charge in [0.15, 0.2) is 5.65 Å². The van der Waals surface area contributed by atoms with Gasteiger partial charge in [-0.05, 0) is 56.3 Å². The van der Waals surface area contributed by atoms with E-state index in [9.17, 15) is 4.79 Å². The molecule has 4 aromatic heterocycles. The standard InChI is InChI=1S/C21H22N6OS/c1-27-11-2-3-12(27)9-10(8-11)14-4-5-15-18(23-14)25-19(24-15)16-17(22)13-6-7-29-21(13)26-20(16)28/h4-7,10-12H,2-3,8-9H2,1H3,(H3,22,26,28)(H,23,24,25). The van der Waals surface area contributed by atoms with Crippen LogP contribution in [0.4, 0.5) is 5.69 Å². The first-order valence-electron chi connectivity index (χ1n) is 10.1. The third-order valence-corrected chi connectivity index (χ3v) is 7.63. The van der Waals surface area contributed by atoms with Crippen molar-refractivity contribution in [1.29, 1.82) is 0 Å². The Morgan fingerprint density at radius 1 is 1.14 bits per heavy atom. The lowest BCUT2D eigenvalue weighted by Crippen LogP contribution is -2.39. The number of nitrogen functional groups attached to an aromatic ring is 1. The van der Waals surface area contributed by atoms with Crippen molar-refractivity contribution in [3.05, 3.63) is 39.6 Å². The van der Waals surface area contributed by atoms with E-state index in [-0.39, 0.29) is 5.56 Å². The lowest BCUT2D eigenvalue weighted by atomic mass is 9.88. The van der Waals surface area contributed by atoms with Gasteiger partial charge >= 0.3 is 0 Å². The fourth-order valence-electron chi connectivity index (χ4n) is 5.18. The molecule has 29 heavy (non-hydrogen) atoms. The topological polar surface area (TPSA) is 104 Å². The van der Waals surface area contributed by atoms with Gasteiger partial charge in [0.2, 0.25) is 0 Å². The maximum atomic E-state index is 12.6. The molecule has 2 bridgehead atoms. The zero-order valence-electron chi connectivity index (χ0n) is 16.1. The van der Waals surface area contributed by atoms with Crippen molar-refractivity contribution in [1.82, 2.24) is 24.8 Å². The third-order valence-electron chi connectivity index (χ3n) is 6.80. The van der Waals surface area contributed by atoms with Gasteiger partial charge in [0.05, 0.1) is 5.69 Å². The molecule has 7 nitrogen and oxygen atoms in total. The van der Waals surface area contributed by atoms with Gasteiger partial charge < -0.3 is 20.6 Å². The monoisotopic (exact) mass is 406 g/mol. The van der Waals surface area contributed by atoms with Gasteiger partial charge in [-0.25, -0.2) is 9.97 Å². The number of anilines is 1. The number of H-pyrrole nitrogens is 2. The van der Waals surface area contributed by atoms with Gasteiger partial charge in [0.25, 0.3) is 5.56 Å². The number of aromatic nitrogens is 4. The first-order chi connectivity index (χ1) is 14.1. The van der Waals surface area contributed by atoms with Crippen LogP contribution in [0.5, 0.6) is 0 Å². The highest BCUT2D eigenvalue weighted by atomic mass is 32.1. The molecule has 0 amide bonds. The van der Waals surface area contributed by atoms with Gasteiger partial charge in [-0.3, -0.25) is 4.79 Å². The Balaban J connectivity index is 1.41. The summed E-state index contributed by atoms with van der Waals surface area (Å²) in [5, 5.41) is 2.77. The van der Waals surface area contributed by atoms with Gasteiger partial charge in [-0.15, -0.1) is 11.3 Å². The fourth-order valence-corrected chi connectivity index (χ4v) is 5.98. The van der Waals surface area contributed by atoms with E-state index in [0.717, 1.165) is 34.3 Å². The van der Waals surface area contributed by atoms with Gasteiger partial charge in [0, 0.05) is 29.1 Å². The average molecular weight is 407 g/mol. The van der Waals surface area contributed by atoms with Crippen molar-refractivity contribution < 1.29 is 0 Å². The number of pyridine rings is 2. The highest BCUT2D eigenvalue weighted by Gasteiger charge is 2.39. The summed E-state index contributed by atoms with van der Waals surface area (Å²) in [6.45, 7) is 0. The van der Waals surface area contributed by atoms with Crippen LogP contribution in [0.3, 0.4) is 0 Å². The predicted octanol–water partition coefficient (Wildman–Crippen LogP) is 3.45. The molecule has 148 valence electrons. The SMILES string of the molecule is CN1C2CCC1CC(c1ccc3nc(-c4c(N)c5ccsc5[nH]c4=O)[nH]c3n1)C2. The van der Waals surface area contributed by atoms with Crippen LogP contribution in [-0.4, -0.2) is 44.0 Å². The summed E-state index contributed by atoms with van der Waals surface area (Å²) >= 11 is 1.47. The molecule has 2 aliphatic heterocycles. The largest absolute Gasteiger partial charge is 0.397 e. The van der Waals surface area contributed by atoms with E-state index in [1.807, 2.05) is 17.5 Å². The van der Waals surface area contributed by atoms with E-state index >= 15 is 0 Å². The Bertz CT molecular complexity index is 1290. The Morgan fingerprint density at radius 2 is 1.93 bits per heavy atom. The lowest BCUT2D eigenvalue weighted by Gasteiger charge is -2.36. The van der Waals surface area contributed by atoms with E-state index in [1.165, 1.54) is 24.2 Å². The van der Waals surface area contributed by atoms with Crippen molar-refractivity contribution in [3.63, 3.8) is 0 Å². The number of thiophene rings is 1. The molecule has 0 spiro atoms. The predicted molar refractivity (Wildman–Crippen MR) is 116 cm³/mol. The molecule has 2 saturated heterocycles. The zero-order valence-corrected chi connectivity index (χ0v) is 16.9. The molecule has 6 rings (SSSR count). The highest BCUT2D eigenvalue weighted by Crippen LogP contribution is 2.41. The van der Waals surface area contributed by atoms with Crippen LogP contribution in [0, 0.1) is 0 Å². The smallest absolute Gasteiger partial charge is 0.262 e. The molecule has 2 aliphatic rings. The number of piperidine rings is 1. The van der Waals surface area contributed by atoms with E-state index in [2.05, 4.69) is 33.0 Å². The molecule has 6 heterocycles. The molecule has 2 unspecified atom stereocenters. The molecule has 0 aromatic carbocycles. The first kappa shape index (κ1) is 17.2. The Morgan fingerprint density at radius 3 is 2.72 bits per heavy atom. The van der Waals surface area contributed by atoms with Crippen LogP contribution in [0.1, 0.15) is 37.3 Å². The molecule has 4 N–H and O–H groups in total. The van der Waals surface area contributed by atoms with Crippen molar-refractivity contribution in [3.8, 4) is 11.4 Å². The second kappa shape index (κ2) is 6.14. The van der Waals surface area contributed by atoms with E-state index in [0.29, 0.717) is 40.7 Å². The number of fused-ring (bicyclic) bond motifs is 4. The summed E-state index contributed by atoms with van der Waals surface area (Å²) in [4.78, 5) is 31.6. The summed E-state index contributed by atoms with van der Waals surface area (Å²) in [6.07, 6.45) is 4.91. The number of imidazole rings is 1. The Hall–Kier alpha value is -2.71. The van der Waals surface area contributed by atoms with Gasteiger partial charge in [-0.2, -0.15) is 0 Å². The van der Waals surface area contributed by atoms with Crippen LogP contribution in [0.15, 0.2) is 28.4 Å². The number of hydrogen-bond acceptors (Lipinski definition) is 6. The normalized spacial score (nSPS) is 24.7. The minimum absolute atomic E-state index is 0.233. The van der Waals surface area contributed by atoms with Crippen LogP contribution in [-0.2, 0) is 0 Å². The first-order valence-corrected chi connectivity index (χ1v) is 10.9. The van der Waals surface area contributed by atoms with Crippen LogP contribution in [0.2, 0.25) is 0 Å². The number of rotatable bonds is 2. The minimum atomic E-state index is -0.233. The average Bonchev–Trinajstić information content (AvgIpc) is 3.37. The number of aromatic amines is 2. The van der Waals surface area contributed by atoms with Crippen LogP contribution in [0.25, 0.3) is 32.8 Å². The third kappa shape index (κ3) is 2.55. The van der Waals surface area contributed by atoms with Gasteiger partial charge in [0.1, 0.15) is 21.7 Å². The molecule has 2 fully saturated rings. The van der Waals surface area contributed by atoms with Crippen molar-refractivity contribution in [2.45, 2.75) is 43.7 Å². The Kier molecular flexibility index (Phi) is 3.64. The molecule has 8 heteroatoms. The fraction of sp³-hybridized carbons (Fsp3) is 0.381. The lowest BCUT2D eigenvalue weighted by molar-refractivity contribution is 0.160. The molecule has 2 atom stereocenters. The number of nitrogens with zero attached hydrogens (tertiary/aromatic N) is 3. The second-order valence-corrected chi connectivity index (χ2v) is 9.23. The molecular formula is C21H22N6OS. The molecule has 4 aromatic rings. The number of hydrogen-bond donors (Lipinski definition) is 3. The van der Waals surface area contributed by atoms with Gasteiger partial charge in [-0.1, -0.05) is 0 Å². The number of nitrogens with two attached hydrogens (primary N) is 1. The Labute approximate surface area is 171 Å². The maximum absolute atomic E-state index is 12.6. The van der Waals surface area contributed by atoms with Crippen LogP contribution >= 0.6 is 11.3 Å². The van der Waals surface area contributed by atoms with Crippen molar-refractivity contribution >= 4 is 38.4 Å². The summed E-state index contributed by atoms with van der Waals surface area (Å²) in [5.41, 5.74) is 9.51. The van der Waals surface area contributed by atoms with Crippen molar-refractivity contribution in [2.24, 2.45) is 0 Å². The zero-order chi connectivity index (χ0) is 19.7. The second-order valence-electron chi connectivity index (χ2n) is 8.31. The molecule has 0 aliphatic carbocycles. The van der Waals surface area contributed by atoms with E-state index in [4.69, 9.17) is 10.7 Å². The van der Waals surface area contributed by atoms with E-state index < -0.39 is 0 Å². The molecule has 0 saturated carbocycles. The molecule has 0 radical (unpaired) electrons.